The van der Waals surface area contributed by atoms with E-state index < -0.39 is 29.3 Å². The van der Waals surface area contributed by atoms with E-state index in [0.29, 0.717) is 24.7 Å². The lowest BCUT2D eigenvalue weighted by molar-refractivity contribution is -0.248. The lowest BCUT2D eigenvalue weighted by Gasteiger charge is -2.63. The van der Waals surface area contributed by atoms with Gasteiger partial charge in [-0.1, -0.05) is 60.0 Å². The Kier molecular flexibility index (Phi) is 6.93. The van der Waals surface area contributed by atoms with Gasteiger partial charge in [-0.3, -0.25) is 0 Å². The van der Waals surface area contributed by atoms with Crippen molar-refractivity contribution in [2.45, 2.75) is 130 Å². The molecule has 33 heavy (non-hydrogen) atoms. The first kappa shape index (κ1) is 25.7. The maximum atomic E-state index is 11.6. The van der Waals surface area contributed by atoms with Crippen molar-refractivity contribution in [3.05, 3.63) is 11.1 Å². The number of allylic oxidation sites excluding steroid dienone is 1. The van der Waals surface area contributed by atoms with Crippen LogP contribution < -0.4 is 0 Å². The van der Waals surface area contributed by atoms with Crippen LogP contribution in [0.2, 0.25) is 0 Å². The van der Waals surface area contributed by atoms with E-state index in [4.69, 9.17) is 0 Å². The molecule has 4 aliphatic rings. The summed E-state index contributed by atoms with van der Waals surface area (Å²) in [7, 11) is 0. The van der Waals surface area contributed by atoms with Crippen LogP contribution in [0.1, 0.15) is 106 Å². The average molecular weight is 463 g/mol. The van der Waals surface area contributed by atoms with E-state index in [9.17, 15) is 20.4 Å². The van der Waals surface area contributed by atoms with Gasteiger partial charge in [-0.15, -0.1) is 0 Å². The van der Waals surface area contributed by atoms with Gasteiger partial charge < -0.3 is 20.4 Å². The van der Waals surface area contributed by atoms with Crippen LogP contribution in [-0.4, -0.2) is 44.3 Å². The SMILES string of the molecule is CCC(CCC(C)C1CCC2=C3C(O)C(O)C4(O)CC(O)CCC4(C)C3CCC21C)C(C)C. The van der Waals surface area contributed by atoms with Gasteiger partial charge in [0.2, 0.25) is 0 Å². The Morgan fingerprint density at radius 1 is 0.970 bits per heavy atom. The van der Waals surface area contributed by atoms with Crippen LogP contribution in [0.5, 0.6) is 0 Å². The molecular formula is C29H50O4. The summed E-state index contributed by atoms with van der Waals surface area (Å²) in [5.74, 6) is 2.90. The maximum Gasteiger partial charge on any atom is 0.113 e. The second kappa shape index (κ2) is 8.91. The summed E-state index contributed by atoms with van der Waals surface area (Å²) in [5.41, 5.74) is 0.620. The zero-order chi connectivity index (χ0) is 24.3. The molecule has 0 bridgehead atoms. The molecule has 10 atom stereocenters. The molecule has 3 fully saturated rings. The van der Waals surface area contributed by atoms with E-state index in [2.05, 4.69) is 41.5 Å². The van der Waals surface area contributed by atoms with Gasteiger partial charge in [0.1, 0.15) is 17.8 Å². The molecule has 0 amide bonds. The van der Waals surface area contributed by atoms with Crippen molar-refractivity contribution in [2.75, 3.05) is 0 Å². The van der Waals surface area contributed by atoms with Gasteiger partial charge in [0, 0.05) is 11.8 Å². The van der Waals surface area contributed by atoms with E-state index in [1.54, 1.807) is 0 Å². The number of aliphatic hydroxyl groups excluding tert-OH is 3. The summed E-state index contributed by atoms with van der Waals surface area (Å²) in [5, 5.41) is 44.5. The Hall–Kier alpha value is -0.420. The molecule has 0 aliphatic heterocycles. The highest BCUT2D eigenvalue weighted by molar-refractivity contribution is 5.40. The fraction of sp³-hybridized carbons (Fsp3) is 0.931. The van der Waals surface area contributed by atoms with E-state index in [1.807, 2.05) is 0 Å². The summed E-state index contributed by atoms with van der Waals surface area (Å²) in [6.07, 6.45) is 6.71. The molecule has 3 saturated carbocycles. The quantitative estimate of drug-likeness (QED) is 0.408. The summed E-state index contributed by atoms with van der Waals surface area (Å²) >= 11 is 0. The molecule has 0 spiro atoms. The van der Waals surface area contributed by atoms with Gasteiger partial charge in [-0.2, -0.15) is 0 Å². The number of hydrogen-bond acceptors (Lipinski definition) is 4. The predicted octanol–water partition coefficient (Wildman–Crippen LogP) is 5.23. The van der Waals surface area contributed by atoms with Crippen molar-refractivity contribution in [3.63, 3.8) is 0 Å². The van der Waals surface area contributed by atoms with Crippen LogP contribution in [-0.2, 0) is 0 Å². The van der Waals surface area contributed by atoms with Crippen LogP contribution in [0.3, 0.4) is 0 Å². The molecule has 4 N–H and O–H groups in total. The third-order valence-corrected chi connectivity index (χ3v) is 11.4. The first-order valence-corrected chi connectivity index (χ1v) is 13.9. The Bertz CT molecular complexity index is 761. The van der Waals surface area contributed by atoms with Crippen molar-refractivity contribution in [2.24, 2.45) is 40.4 Å². The second-order valence-electron chi connectivity index (χ2n) is 13.2. The minimum absolute atomic E-state index is 0.0888. The molecule has 0 aromatic heterocycles. The van der Waals surface area contributed by atoms with Gasteiger partial charge >= 0.3 is 0 Å². The van der Waals surface area contributed by atoms with Gasteiger partial charge in [0.25, 0.3) is 0 Å². The van der Waals surface area contributed by atoms with E-state index in [0.717, 1.165) is 36.7 Å². The molecule has 0 aromatic carbocycles. The highest BCUT2D eigenvalue weighted by Crippen LogP contribution is 2.66. The van der Waals surface area contributed by atoms with Crippen LogP contribution in [0.25, 0.3) is 0 Å². The summed E-state index contributed by atoms with van der Waals surface area (Å²) in [6.45, 7) is 14.0. The lowest BCUT2D eigenvalue weighted by atomic mass is 9.45. The van der Waals surface area contributed by atoms with Gasteiger partial charge in [0.15, 0.2) is 0 Å². The summed E-state index contributed by atoms with van der Waals surface area (Å²) in [4.78, 5) is 0. The highest BCUT2D eigenvalue weighted by atomic mass is 16.4. The van der Waals surface area contributed by atoms with Crippen LogP contribution >= 0.6 is 0 Å². The van der Waals surface area contributed by atoms with Crippen molar-refractivity contribution in [1.29, 1.82) is 0 Å². The minimum Gasteiger partial charge on any atom is -0.393 e. The van der Waals surface area contributed by atoms with Gasteiger partial charge in [-0.25, -0.2) is 0 Å². The molecule has 4 aliphatic carbocycles. The third kappa shape index (κ3) is 3.77. The normalized spacial score (nSPS) is 47.2. The summed E-state index contributed by atoms with van der Waals surface area (Å²) < 4.78 is 0. The van der Waals surface area contributed by atoms with Crippen molar-refractivity contribution in [1.82, 2.24) is 0 Å². The predicted molar refractivity (Wildman–Crippen MR) is 133 cm³/mol. The lowest BCUT2D eigenvalue weighted by Crippen LogP contribution is -2.70. The topological polar surface area (TPSA) is 80.9 Å². The first-order chi connectivity index (χ1) is 15.4. The number of hydrogen-bond donors (Lipinski definition) is 4. The van der Waals surface area contributed by atoms with Gasteiger partial charge in [0.05, 0.1) is 6.10 Å². The highest BCUT2D eigenvalue weighted by Gasteiger charge is 2.67. The largest absolute Gasteiger partial charge is 0.393 e. The van der Waals surface area contributed by atoms with Crippen LogP contribution in [0.4, 0.5) is 0 Å². The van der Waals surface area contributed by atoms with E-state index >= 15 is 0 Å². The zero-order valence-electron chi connectivity index (χ0n) is 22.0. The monoisotopic (exact) mass is 462 g/mol. The molecule has 10 unspecified atom stereocenters. The Morgan fingerprint density at radius 3 is 2.30 bits per heavy atom. The fourth-order valence-corrected chi connectivity index (χ4v) is 9.14. The molecule has 0 saturated heterocycles. The van der Waals surface area contributed by atoms with Crippen LogP contribution in [0.15, 0.2) is 11.1 Å². The van der Waals surface area contributed by atoms with E-state index in [1.165, 1.54) is 31.3 Å². The molecule has 0 radical (unpaired) electrons. The second-order valence-corrected chi connectivity index (χ2v) is 13.2. The van der Waals surface area contributed by atoms with Gasteiger partial charge in [-0.05, 0) is 85.5 Å². The average Bonchev–Trinajstić information content (AvgIpc) is 3.11. The van der Waals surface area contributed by atoms with E-state index in [-0.39, 0.29) is 17.8 Å². The van der Waals surface area contributed by atoms with Crippen molar-refractivity contribution >= 4 is 0 Å². The Morgan fingerprint density at radius 2 is 1.67 bits per heavy atom. The first-order valence-electron chi connectivity index (χ1n) is 13.9. The molecule has 4 nitrogen and oxygen atoms in total. The fourth-order valence-electron chi connectivity index (χ4n) is 9.14. The standard InChI is InChI=1S/C29H50O4/c1-7-19(17(2)3)9-8-18(4)21-10-11-22-24-23(13-14-27(21,22)5)28(6)15-12-20(30)16-29(28,33)26(32)25(24)31/h17-21,23,25-26,30-33H,7-16H2,1-6H3. The van der Waals surface area contributed by atoms with Crippen molar-refractivity contribution in [3.8, 4) is 0 Å². The smallest absolute Gasteiger partial charge is 0.113 e. The number of aliphatic hydroxyl groups is 4. The minimum atomic E-state index is -1.43. The maximum absolute atomic E-state index is 11.6. The van der Waals surface area contributed by atoms with Crippen molar-refractivity contribution < 1.29 is 20.4 Å². The molecule has 190 valence electrons. The molecule has 4 heteroatoms. The zero-order valence-corrected chi connectivity index (χ0v) is 22.0. The molecule has 0 aromatic rings. The van der Waals surface area contributed by atoms with Crippen LogP contribution in [0, 0.1) is 40.4 Å². The molecule has 4 rings (SSSR count). The molecular weight excluding hydrogens is 412 g/mol. The number of fused-ring (bicyclic) bond motifs is 4. The Balaban J connectivity index is 1.63. The summed E-state index contributed by atoms with van der Waals surface area (Å²) in [6, 6.07) is 0. The third-order valence-electron chi connectivity index (χ3n) is 11.4. The molecule has 0 heterocycles. The Labute approximate surface area is 201 Å². The number of rotatable bonds is 6.